The lowest BCUT2D eigenvalue weighted by Crippen LogP contribution is -2.13. The molecule has 32 heavy (non-hydrogen) atoms. The van der Waals surface area contributed by atoms with Gasteiger partial charge in [0.05, 0.1) is 24.7 Å². The molecule has 0 fully saturated rings. The molecule has 0 amide bonds. The maximum Gasteiger partial charge on any atom is 0.435 e. The van der Waals surface area contributed by atoms with Crippen molar-refractivity contribution in [3.8, 4) is 28.4 Å². The molecule has 0 unspecified atom stereocenters. The summed E-state index contributed by atoms with van der Waals surface area (Å²) >= 11 is 0. The molecule has 0 spiro atoms. The summed E-state index contributed by atoms with van der Waals surface area (Å²) in [4.78, 5) is 0. The molecule has 0 atom stereocenters. The molecule has 4 rings (SSSR count). The summed E-state index contributed by atoms with van der Waals surface area (Å²) in [6, 6.07) is 12.3. The van der Waals surface area contributed by atoms with Crippen molar-refractivity contribution in [2.75, 3.05) is 7.11 Å². The van der Waals surface area contributed by atoms with Crippen LogP contribution in [0.3, 0.4) is 0 Å². The van der Waals surface area contributed by atoms with Crippen LogP contribution in [0.15, 0.2) is 60.8 Å². The Hall–Kier alpha value is -3.83. The quantitative estimate of drug-likeness (QED) is 0.401. The summed E-state index contributed by atoms with van der Waals surface area (Å²) in [5.74, 6) is 0.613. The van der Waals surface area contributed by atoms with Crippen LogP contribution in [0.4, 0.5) is 26.3 Å². The van der Waals surface area contributed by atoms with Gasteiger partial charge in [-0.15, -0.1) is 5.10 Å². The Morgan fingerprint density at radius 2 is 1.56 bits per heavy atom. The SMILES string of the molecule is COc1cccc(-n2cc(-c3ccc(-n4nc(C(F)(F)F)cc4C(F)(F)F)cc3)nn2)c1. The summed E-state index contributed by atoms with van der Waals surface area (Å²) in [7, 11) is 1.52. The highest BCUT2D eigenvalue weighted by Gasteiger charge is 2.42. The number of rotatable bonds is 4. The van der Waals surface area contributed by atoms with Crippen LogP contribution >= 0.6 is 0 Å². The molecular weight excluding hydrogens is 440 g/mol. The molecular formula is C20H13F6N5O. The van der Waals surface area contributed by atoms with Crippen LogP contribution in [0.1, 0.15) is 11.4 Å². The number of hydrogen-bond donors (Lipinski definition) is 0. The third-order valence-electron chi connectivity index (χ3n) is 4.51. The van der Waals surface area contributed by atoms with Gasteiger partial charge in [0.15, 0.2) is 5.69 Å². The van der Waals surface area contributed by atoms with Crippen LogP contribution < -0.4 is 4.74 Å². The monoisotopic (exact) mass is 453 g/mol. The number of ether oxygens (including phenoxy) is 1. The Bertz CT molecular complexity index is 1240. The van der Waals surface area contributed by atoms with Gasteiger partial charge in [0.1, 0.15) is 17.1 Å². The molecule has 166 valence electrons. The number of halogens is 6. The molecule has 0 saturated carbocycles. The van der Waals surface area contributed by atoms with Crippen LogP contribution in [-0.4, -0.2) is 31.9 Å². The first kappa shape index (κ1) is 21.4. The van der Waals surface area contributed by atoms with Crippen LogP contribution in [0.5, 0.6) is 5.75 Å². The van der Waals surface area contributed by atoms with Crippen LogP contribution in [0.25, 0.3) is 22.6 Å². The number of nitrogens with zero attached hydrogens (tertiary/aromatic N) is 5. The van der Waals surface area contributed by atoms with Gasteiger partial charge >= 0.3 is 12.4 Å². The van der Waals surface area contributed by atoms with Crippen molar-refractivity contribution >= 4 is 0 Å². The largest absolute Gasteiger partial charge is 0.497 e. The lowest BCUT2D eigenvalue weighted by Gasteiger charge is -2.10. The molecule has 0 N–H and O–H groups in total. The fourth-order valence-electron chi connectivity index (χ4n) is 2.97. The lowest BCUT2D eigenvalue weighted by molar-refractivity contribution is -0.143. The van der Waals surface area contributed by atoms with E-state index in [-0.39, 0.29) is 16.4 Å². The standard InChI is InChI=1S/C20H13F6N5O/c1-32-15-4-2-3-14(9-15)30-11-16(27-29-30)12-5-7-13(8-6-12)31-18(20(24,25)26)10-17(28-31)19(21,22)23/h2-11H,1H3. The average molecular weight is 453 g/mol. The molecule has 0 radical (unpaired) electrons. The second kappa shape index (κ2) is 7.70. The van der Waals surface area contributed by atoms with Gasteiger partial charge < -0.3 is 4.74 Å². The smallest absolute Gasteiger partial charge is 0.435 e. The van der Waals surface area contributed by atoms with Crippen molar-refractivity contribution in [2.24, 2.45) is 0 Å². The van der Waals surface area contributed by atoms with Gasteiger partial charge in [0.2, 0.25) is 0 Å². The molecule has 0 aliphatic heterocycles. The van der Waals surface area contributed by atoms with Gasteiger partial charge in [-0.2, -0.15) is 31.4 Å². The van der Waals surface area contributed by atoms with E-state index in [9.17, 15) is 26.3 Å². The highest BCUT2D eigenvalue weighted by Crippen LogP contribution is 2.36. The van der Waals surface area contributed by atoms with Gasteiger partial charge in [-0.05, 0) is 24.3 Å². The molecule has 2 aromatic carbocycles. The van der Waals surface area contributed by atoms with Crippen LogP contribution in [0, 0.1) is 0 Å². The van der Waals surface area contributed by atoms with E-state index in [0.717, 1.165) is 0 Å². The number of methoxy groups -OCH3 is 1. The maximum atomic E-state index is 13.2. The summed E-state index contributed by atoms with van der Waals surface area (Å²) in [6.07, 6.45) is -8.43. The molecule has 2 heterocycles. The third kappa shape index (κ3) is 4.15. The van der Waals surface area contributed by atoms with Gasteiger partial charge in [0, 0.05) is 17.7 Å². The van der Waals surface area contributed by atoms with E-state index in [1.165, 1.54) is 36.1 Å². The zero-order chi connectivity index (χ0) is 23.1. The summed E-state index contributed by atoms with van der Waals surface area (Å²) in [6.45, 7) is 0. The normalized spacial score (nSPS) is 12.2. The predicted molar refractivity (Wildman–Crippen MR) is 100 cm³/mol. The maximum absolute atomic E-state index is 13.2. The zero-order valence-corrected chi connectivity index (χ0v) is 16.2. The summed E-state index contributed by atoms with van der Waals surface area (Å²) in [5.41, 5.74) is -1.76. The first-order valence-corrected chi connectivity index (χ1v) is 8.98. The number of alkyl halides is 6. The van der Waals surface area contributed by atoms with Crippen molar-refractivity contribution in [1.29, 1.82) is 0 Å². The lowest BCUT2D eigenvalue weighted by atomic mass is 10.1. The van der Waals surface area contributed by atoms with Gasteiger partial charge in [-0.1, -0.05) is 23.4 Å². The number of hydrogen-bond acceptors (Lipinski definition) is 4. The van der Waals surface area contributed by atoms with Crippen molar-refractivity contribution in [3.63, 3.8) is 0 Å². The van der Waals surface area contributed by atoms with Crippen molar-refractivity contribution in [2.45, 2.75) is 12.4 Å². The number of aromatic nitrogens is 5. The Kier molecular flexibility index (Phi) is 5.15. The Labute approximate surface area is 176 Å². The molecule has 0 aliphatic rings. The van der Waals surface area contributed by atoms with Gasteiger partial charge in [0.25, 0.3) is 0 Å². The first-order chi connectivity index (χ1) is 15.1. The van der Waals surface area contributed by atoms with Crippen molar-refractivity contribution in [3.05, 3.63) is 72.2 Å². The van der Waals surface area contributed by atoms with E-state index in [1.54, 1.807) is 30.5 Å². The van der Waals surface area contributed by atoms with E-state index in [1.807, 2.05) is 0 Å². The molecule has 6 nitrogen and oxygen atoms in total. The fraction of sp³-hybridized carbons (Fsp3) is 0.150. The second-order valence-corrected chi connectivity index (χ2v) is 6.62. The molecule has 12 heteroatoms. The average Bonchev–Trinajstić information content (AvgIpc) is 3.41. The van der Waals surface area contributed by atoms with Gasteiger partial charge in [-0.3, -0.25) is 0 Å². The fourth-order valence-corrected chi connectivity index (χ4v) is 2.97. The van der Waals surface area contributed by atoms with Crippen molar-refractivity contribution < 1.29 is 31.1 Å². The molecule has 0 bridgehead atoms. The Morgan fingerprint density at radius 1 is 0.844 bits per heavy atom. The van der Waals surface area contributed by atoms with E-state index in [4.69, 9.17) is 4.74 Å². The zero-order valence-electron chi connectivity index (χ0n) is 16.2. The van der Waals surface area contributed by atoms with E-state index in [0.29, 0.717) is 22.7 Å². The van der Waals surface area contributed by atoms with E-state index >= 15 is 0 Å². The predicted octanol–water partition coefficient (Wildman–Crippen LogP) is 5.17. The molecule has 0 saturated heterocycles. The van der Waals surface area contributed by atoms with Crippen LogP contribution in [-0.2, 0) is 12.4 Å². The topological polar surface area (TPSA) is 57.8 Å². The van der Waals surface area contributed by atoms with Crippen molar-refractivity contribution in [1.82, 2.24) is 24.8 Å². The molecule has 0 aliphatic carbocycles. The Morgan fingerprint density at radius 3 is 2.19 bits per heavy atom. The van der Waals surface area contributed by atoms with Crippen LogP contribution in [0.2, 0.25) is 0 Å². The minimum Gasteiger partial charge on any atom is -0.497 e. The number of benzene rings is 2. The highest BCUT2D eigenvalue weighted by atomic mass is 19.4. The highest BCUT2D eigenvalue weighted by molar-refractivity contribution is 5.60. The third-order valence-corrected chi connectivity index (χ3v) is 4.51. The Balaban J connectivity index is 1.66. The van der Waals surface area contributed by atoms with E-state index < -0.39 is 23.7 Å². The van der Waals surface area contributed by atoms with Gasteiger partial charge in [-0.25, -0.2) is 9.36 Å². The molecule has 4 aromatic rings. The minimum atomic E-state index is -5.02. The summed E-state index contributed by atoms with van der Waals surface area (Å²) in [5, 5.41) is 11.2. The second-order valence-electron chi connectivity index (χ2n) is 6.62. The summed E-state index contributed by atoms with van der Waals surface area (Å²) < 4.78 is 85.3. The van der Waals surface area contributed by atoms with E-state index in [2.05, 4.69) is 15.4 Å². The minimum absolute atomic E-state index is 0.0202. The first-order valence-electron chi connectivity index (χ1n) is 8.98. The molecule has 2 aromatic heterocycles.